The summed E-state index contributed by atoms with van der Waals surface area (Å²) in [6.07, 6.45) is 0. The van der Waals surface area contributed by atoms with Crippen molar-refractivity contribution in [3.8, 4) is 5.75 Å². The van der Waals surface area contributed by atoms with E-state index in [2.05, 4.69) is 21.2 Å². The van der Waals surface area contributed by atoms with E-state index in [4.69, 9.17) is 21.4 Å². The maximum absolute atomic E-state index is 10.5. The van der Waals surface area contributed by atoms with Crippen LogP contribution in [-0.4, -0.2) is 30.3 Å². The number of nitrogens with one attached hydrogen (secondary N) is 1. The molecule has 17 heavy (non-hydrogen) atoms. The molecule has 0 fully saturated rings. The van der Waals surface area contributed by atoms with Gasteiger partial charge in [-0.05, 0) is 41.1 Å². The second kappa shape index (κ2) is 6.83. The van der Waals surface area contributed by atoms with Gasteiger partial charge in [0.2, 0.25) is 0 Å². The number of benzene rings is 1. The van der Waals surface area contributed by atoms with Crippen LogP contribution in [0.25, 0.3) is 0 Å². The fourth-order valence-corrected chi connectivity index (χ4v) is 1.91. The summed E-state index contributed by atoms with van der Waals surface area (Å²) in [7, 11) is 0. The van der Waals surface area contributed by atoms with E-state index < -0.39 is 12.0 Å². The number of hydrogen-bond donors (Lipinski definition) is 2. The minimum Gasteiger partial charge on any atom is -0.491 e. The Morgan fingerprint density at radius 1 is 1.65 bits per heavy atom. The third-order valence-corrected chi connectivity index (χ3v) is 2.93. The molecule has 2 N–H and O–H groups in total. The van der Waals surface area contributed by atoms with Gasteiger partial charge < -0.3 is 15.2 Å². The van der Waals surface area contributed by atoms with Gasteiger partial charge in [-0.15, -0.1) is 0 Å². The summed E-state index contributed by atoms with van der Waals surface area (Å²) >= 11 is 9.12. The SMILES string of the molecule is C[C@H](NCCOc1ccc(Cl)cc1Br)C(=O)O. The number of carbonyl (C=O) groups is 1. The van der Waals surface area contributed by atoms with E-state index in [9.17, 15) is 4.79 Å². The monoisotopic (exact) mass is 321 g/mol. The molecule has 1 aromatic carbocycles. The van der Waals surface area contributed by atoms with Crippen LogP contribution in [0.2, 0.25) is 5.02 Å². The molecule has 0 heterocycles. The van der Waals surface area contributed by atoms with Crippen LogP contribution in [0.15, 0.2) is 22.7 Å². The summed E-state index contributed by atoms with van der Waals surface area (Å²) in [6, 6.07) is 4.65. The standard InChI is InChI=1S/C11H13BrClNO3/c1-7(11(15)16)14-4-5-17-10-3-2-8(13)6-9(10)12/h2-3,6-7,14H,4-5H2,1H3,(H,15,16)/t7-/m0/s1. The molecule has 0 bridgehead atoms. The molecule has 0 aliphatic carbocycles. The first kappa shape index (κ1) is 14.3. The van der Waals surface area contributed by atoms with Crippen molar-refractivity contribution in [2.75, 3.05) is 13.2 Å². The summed E-state index contributed by atoms with van der Waals surface area (Å²) in [5.74, 6) is -0.197. The number of carboxylic acids is 1. The summed E-state index contributed by atoms with van der Waals surface area (Å²) in [5, 5.41) is 12.1. The predicted molar refractivity (Wildman–Crippen MR) is 69.7 cm³/mol. The molecule has 1 rings (SSSR count). The molecule has 0 saturated carbocycles. The van der Waals surface area contributed by atoms with Crippen LogP contribution >= 0.6 is 27.5 Å². The molecular weight excluding hydrogens is 309 g/mol. The van der Waals surface area contributed by atoms with Crippen molar-refractivity contribution in [2.24, 2.45) is 0 Å². The second-order valence-electron chi connectivity index (χ2n) is 3.44. The minimum absolute atomic E-state index is 0.387. The molecule has 94 valence electrons. The number of rotatable bonds is 6. The Morgan fingerprint density at radius 3 is 2.94 bits per heavy atom. The Morgan fingerprint density at radius 2 is 2.35 bits per heavy atom. The van der Waals surface area contributed by atoms with Crippen LogP contribution in [0.1, 0.15) is 6.92 Å². The smallest absolute Gasteiger partial charge is 0.320 e. The van der Waals surface area contributed by atoms with Crippen LogP contribution in [0.5, 0.6) is 5.75 Å². The molecule has 0 amide bonds. The molecule has 0 spiro atoms. The average molecular weight is 323 g/mol. The van der Waals surface area contributed by atoms with Gasteiger partial charge in [0.15, 0.2) is 0 Å². The lowest BCUT2D eigenvalue weighted by Gasteiger charge is -2.11. The minimum atomic E-state index is -0.877. The third kappa shape index (κ3) is 4.93. The molecule has 4 nitrogen and oxygen atoms in total. The lowest BCUT2D eigenvalue weighted by Crippen LogP contribution is -2.36. The quantitative estimate of drug-likeness (QED) is 0.790. The van der Waals surface area contributed by atoms with E-state index >= 15 is 0 Å². The maximum Gasteiger partial charge on any atom is 0.320 e. The van der Waals surface area contributed by atoms with Crippen molar-refractivity contribution >= 4 is 33.5 Å². The number of ether oxygens (including phenoxy) is 1. The topological polar surface area (TPSA) is 58.6 Å². The summed E-state index contributed by atoms with van der Waals surface area (Å²) in [5.41, 5.74) is 0. The van der Waals surface area contributed by atoms with Crippen molar-refractivity contribution in [2.45, 2.75) is 13.0 Å². The van der Waals surface area contributed by atoms with Crippen molar-refractivity contribution in [1.82, 2.24) is 5.32 Å². The average Bonchev–Trinajstić information content (AvgIpc) is 2.26. The zero-order valence-electron chi connectivity index (χ0n) is 9.24. The van der Waals surface area contributed by atoms with Gasteiger partial charge in [-0.2, -0.15) is 0 Å². The number of halogens is 2. The Labute approximate surface area is 113 Å². The highest BCUT2D eigenvalue weighted by Crippen LogP contribution is 2.27. The van der Waals surface area contributed by atoms with Crippen molar-refractivity contribution in [3.63, 3.8) is 0 Å². The van der Waals surface area contributed by atoms with E-state index in [1.807, 2.05) is 0 Å². The van der Waals surface area contributed by atoms with Gasteiger partial charge in [0.05, 0.1) is 4.47 Å². The zero-order chi connectivity index (χ0) is 12.8. The van der Waals surface area contributed by atoms with Crippen LogP contribution in [0.3, 0.4) is 0 Å². The van der Waals surface area contributed by atoms with E-state index in [0.717, 1.165) is 4.47 Å². The number of carboxylic acid groups (broad SMARTS) is 1. The zero-order valence-corrected chi connectivity index (χ0v) is 11.6. The van der Waals surface area contributed by atoms with Gasteiger partial charge in [0.25, 0.3) is 0 Å². The maximum atomic E-state index is 10.5. The van der Waals surface area contributed by atoms with Gasteiger partial charge in [0, 0.05) is 11.6 Å². The fraction of sp³-hybridized carbons (Fsp3) is 0.364. The molecule has 6 heteroatoms. The molecule has 0 aliphatic heterocycles. The lowest BCUT2D eigenvalue weighted by atomic mass is 10.3. The number of aliphatic carboxylic acids is 1. The first-order chi connectivity index (χ1) is 8.00. The van der Waals surface area contributed by atoms with E-state index in [0.29, 0.717) is 23.9 Å². The van der Waals surface area contributed by atoms with Gasteiger partial charge in [-0.1, -0.05) is 11.6 Å². The van der Waals surface area contributed by atoms with Crippen molar-refractivity contribution < 1.29 is 14.6 Å². The van der Waals surface area contributed by atoms with Gasteiger partial charge in [-0.3, -0.25) is 4.79 Å². The largest absolute Gasteiger partial charge is 0.491 e. The van der Waals surface area contributed by atoms with Crippen molar-refractivity contribution in [1.29, 1.82) is 0 Å². The van der Waals surface area contributed by atoms with Crippen LogP contribution < -0.4 is 10.1 Å². The van der Waals surface area contributed by atoms with Gasteiger partial charge in [0.1, 0.15) is 18.4 Å². The highest BCUT2D eigenvalue weighted by Gasteiger charge is 2.08. The predicted octanol–water partition coefficient (Wildman–Crippen LogP) is 2.54. The van der Waals surface area contributed by atoms with Gasteiger partial charge >= 0.3 is 5.97 Å². The van der Waals surface area contributed by atoms with Crippen LogP contribution in [0, 0.1) is 0 Å². The van der Waals surface area contributed by atoms with Crippen LogP contribution in [-0.2, 0) is 4.79 Å². The normalized spacial score (nSPS) is 12.2. The molecule has 0 radical (unpaired) electrons. The first-order valence-corrected chi connectivity index (χ1v) is 6.22. The summed E-state index contributed by atoms with van der Waals surface area (Å²) in [4.78, 5) is 10.5. The summed E-state index contributed by atoms with van der Waals surface area (Å²) in [6.45, 7) is 2.43. The van der Waals surface area contributed by atoms with E-state index in [1.54, 1.807) is 25.1 Å². The van der Waals surface area contributed by atoms with E-state index in [-0.39, 0.29) is 0 Å². The molecule has 0 unspecified atom stereocenters. The highest BCUT2D eigenvalue weighted by atomic mass is 79.9. The molecule has 1 aromatic rings. The summed E-state index contributed by atoms with van der Waals surface area (Å²) < 4.78 is 6.24. The van der Waals surface area contributed by atoms with E-state index in [1.165, 1.54) is 0 Å². The molecule has 0 saturated heterocycles. The third-order valence-electron chi connectivity index (χ3n) is 2.07. The Balaban J connectivity index is 2.34. The molecular formula is C11H13BrClNO3. The lowest BCUT2D eigenvalue weighted by molar-refractivity contribution is -0.139. The highest BCUT2D eigenvalue weighted by molar-refractivity contribution is 9.10. The fourth-order valence-electron chi connectivity index (χ4n) is 1.12. The molecule has 0 aliphatic rings. The second-order valence-corrected chi connectivity index (χ2v) is 4.73. The number of hydrogen-bond acceptors (Lipinski definition) is 3. The Kier molecular flexibility index (Phi) is 5.74. The van der Waals surface area contributed by atoms with Gasteiger partial charge in [-0.25, -0.2) is 0 Å². The molecule has 0 aromatic heterocycles. The van der Waals surface area contributed by atoms with Crippen molar-refractivity contribution in [3.05, 3.63) is 27.7 Å². The van der Waals surface area contributed by atoms with Crippen LogP contribution in [0.4, 0.5) is 0 Å². The molecule has 1 atom stereocenters. The first-order valence-electron chi connectivity index (χ1n) is 5.04. The Hall–Kier alpha value is -0.780. The Bertz CT molecular complexity index is 400.